The zero-order valence-electron chi connectivity index (χ0n) is 14.9. The van der Waals surface area contributed by atoms with E-state index in [-0.39, 0.29) is 11.8 Å². The predicted octanol–water partition coefficient (Wildman–Crippen LogP) is 2.55. The fourth-order valence-corrected chi connectivity index (χ4v) is 4.97. The molecule has 0 aliphatic heterocycles. The third-order valence-corrected chi connectivity index (χ3v) is 7.15. The first-order valence-electron chi connectivity index (χ1n) is 7.92. The van der Waals surface area contributed by atoms with Crippen molar-refractivity contribution in [2.75, 3.05) is 21.3 Å². The highest BCUT2D eigenvalue weighted by molar-refractivity contribution is 6.62. The lowest BCUT2D eigenvalue weighted by Crippen LogP contribution is -2.63. The summed E-state index contributed by atoms with van der Waals surface area (Å²) in [5.41, 5.74) is 2.39. The summed E-state index contributed by atoms with van der Waals surface area (Å²) in [6.45, 7) is 8.79. The first-order valence-corrected chi connectivity index (χ1v) is 9.72. The van der Waals surface area contributed by atoms with Crippen LogP contribution in [0.2, 0.25) is 0 Å². The lowest BCUT2D eigenvalue weighted by Gasteiger charge is -2.34. The number of benzene rings is 1. The van der Waals surface area contributed by atoms with E-state index in [0.717, 1.165) is 18.5 Å². The fourth-order valence-electron chi connectivity index (χ4n) is 2.66. The average Bonchev–Trinajstić information content (AvgIpc) is 2.60. The lowest BCUT2D eigenvalue weighted by molar-refractivity contribution is 0.103. The minimum Gasteiger partial charge on any atom is -0.376 e. The molecule has 1 aromatic carbocycles. The summed E-state index contributed by atoms with van der Waals surface area (Å²) in [7, 11) is 2.22. The van der Waals surface area contributed by atoms with Crippen molar-refractivity contribution in [3.63, 3.8) is 0 Å². The minimum atomic E-state index is -2.70. The Labute approximate surface area is 141 Å². The summed E-state index contributed by atoms with van der Waals surface area (Å²) in [5.74, 6) is 0. The molecule has 1 rings (SSSR count). The summed E-state index contributed by atoms with van der Waals surface area (Å²) in [5, 5.41) is 7.00. The number of hydrogen-bond acceptors (Lipinski definition) is 5. The molecule has 0 heterocycles. The van der Waals surface area contributed by atoms with Crippen LogP contribution in [-0.2, 0) is 19.8 Å². The van der Waals surface area contributed by atoms with Gasteiger partial charge in [0.2, 0.25) is 0 Å². The van der Waals surface area contributed by atoms with Crippen LogP contribution in [0.3, 0.4) is 0 Å². The Morgan fingerprint density at radius 2 is 1.78 bits per heavy atom. The molecule has 6 heteroatoms. The van der Waals surface area contributed by atoms with Crippen LogP contribution in [0.1, 0.15) is 31.4 Å². The van der Waals surface area contributed by atoms with Crippen molar-refractivity contribution in [2.45, 2.75) is 38.6 Å². The van der Waals surface area contributed by atoms with E-state index in [2.05, 4.69) is 43.2 Å². The van der Waals surface area contributed by atoms with Gasteiger partial charge in [-0.3, -0.25) is 10.6 Å². The first-order chi connectivity index (χ1) is 11.1. The maximum atomic E-state index is 5.58. The molecule has 0 aromatic heterocycles. The Hall–Kier alpha value is -1.02. The number of nitrogens with one attached hydrogen (secondary N) is 2. The summed E-state index contributed by atoms with van der Waals surface area (Å²) in [4.78, 5) is 0. The topological polar surface area (TPSA) is 51.8 Å². The van der Waals surface area contributed by atoms with Crippen LogP contribution < -0.4 is 10.6 Å². The third-order valence-electron chi connectivity index (χ3n) is 4.01. The van der Waals surface area contributed by atoms with E-state index in [0.29, 0.717) is 0 Å². The van der Waals surface area contributed by atoms with Crippen molar-refractivity contribution in [3.8, 4) is 0 Å². The van der Waals surface area contributed by atoms with Gasteiger partial charge in [0.15, 0.2) is 0 Å². The second kappa shape index (κ2) is 9.97. The molecular formula is C17H30N2O3Si. The Morgan fingerprint density at radius 1 is 1.17 bits per heavy atom. The van der Waals surface area contributed by atoms with E-state index in [1.807, 2.05) is 18.2 Å². The highest BCUT2D eigenvalue weighted by atomic mass is 28.4. The van der Waals surface area contributed by atoms with Gasteiger partial charge in [0.1, 0.15) is 0 Å². The normalized spacial score (nSPS) is 14.5. The second-order valence-corrected chi connectivity index (χ2v) is 8.48. The van der Waals surface area contributed by atoms with Crippen LogP contribution in [-0.4, -0.2) is 42.0 Å². The van der Waals surface area contributed by atoms with Crippen LogP contribution >= 0.6 is 0 Å². The smallest absolute Gasteiger partial charge is 0.376 e. The monoisotopic (exact) mass is 338 g/mol. The van der Waals surface area contributed by atoms with Crippen molar-refractivity contribution in [1.82, 2.24) is 10.6 Å². The molecule has 0 spiro atoms. The van der Waals surface area contributed by atoms with Gasteiger partial charge >= 0.3 is 8.80 Å². The molecule has 5 nitrogen and oxygen atoms in total. The Morgan fingerprint density at radius 3 is 2.30 bits per heavy atom. The van der Waals surface area contributed by atoms with Gasteiger partial charge in [-0.1, -0.05) is 43.8 Å². The van der Waals surface area contributed by atoms with E-state index in [1.54, 1.807) is 21.3 Å². The number of rotatable bonds is 11. The quantitative estimate of drug-likeness (QED) is 0.480. The van der Waals surface area contributed by atoms with Crippen molar-refractivity contribution < 1.29 is 13.3 Å². The van der Waals surface area contributed by atoms with Crippen molar-refractivity contribution in [3.05, 3.63) is 42.0 Å². The highest BCUT2D eigenvalue weighted by Gasteiger charge is 2.46. The molecule has 0 aliphatic rings. The van der Waals surface area contributed by atoms with E-state index < -0.39 is 8.80 Å². The average molecular weight is 339 g/mol. The molecule has 0 bridgehead atoms. The fraction of sp³-hybridized carbons (Fsp3) is 0.529. The van der Waals surface area contributed by atoms with Gasteiger partial charge in [-0.15, -0.1) is 0 Å². The highest BCUT2D eigenvalue weighted by Crippen LogP contribution is 2.15. The van der Waals surface area contributed by atoms with Gasteiger partial charge in [-0.05, 0) is 24.5 Å². The van der Waals surface area contributed by atoms with E-state index in [9.17, 15) is 0 Å². The van der Waals surface area contributed by atoms with Gasteiger partial charge in [0, 0.05) is 27.9 Å². The maximum Gasteiger partial charge on any atom is 0.518 e. The molecule has 0 saturated heterocycles. The standard InChI is InChI=1S/C17H30N2O3Si/c1-7-15-11-9-10-12-16(15)13-18-14(3)19-17(8-2)23(20-4,21-5)22-6/h7,9-12,14,17-19H,1,8,13H2,2-6H3. The van der Waals surface area contributed by atoms with Gasteiger partial charge in [0.05, 0.1) is 11.8 Å². The summed E-state index contributed by atoms with van der Waals surface area (Å²) < 4.78 is 16.7. The molecule has 0 radical (unpaired) electrons. The molecule has 2 atom stereocenters. The SMILES string of the molecule is C=Cc1ccccc1CNC(C)NC(CC)[Si](OC)(OC)OC. The van der Waals surface area contributed by atoms with Gasteiger partial charge < -0.3 is 13.3 Å². The van der Waals surface area contributed by atoms with Crippen LogP contribution in [0.5, 0.6) is 0 Å². The summed E-state index contributed by atoms with van der Waals surface area (Å²) in [6, 6.07) is 8.23. The van der Waals surface area contributed by atoms with Gasteiger partial charge in [-0.25, -0.2) is 0 Å². The van der Waals surface area contributed by atoms with Crippen molar-refractivity contribution in [1.29, 1.82) is 0 Å². The molecule has 2 unspecified atom stereocenters. The van der Waals surface area contributed by atoms with Crippen molar-refractivity contribution >= 4 is 14.9 Å². The Balaban J connectivity index is 2.67. The molecule has 0 amide bonds. The van der Waals surface area contributed by atoms with Crippen LogP contribution in [0.25, 0.3) is 6.08 Å². The van der Waals surface area contributed by atoms with E-state index in [4.69, 9.17) is 13.3 Å². The molecule has 0 fully saturated rings. The summed E-state index contributed by atoms with van der Waals surface area (Å²) >= 11 is 0. The summed E-state index contributed by atoms with van der Waals surface area (Å²) in [6.07, 6.45) is 2.82. The maximum absolute atomic E-state index is 5.58. The van der Waals surface area contributed by atoms with Crippen molar-refractivity contribution in [2.24, 2.45) is 0 Å². The largest absolute Gasteiger partial charge is 0.518 e. The van der Waals surface area contributed by atoms with Gasteiger partial charge in [-0.2, -0.15) is 0 Å². The lowest BCUT2D eigenvalue weighted by atomic mass is 10.1. The molecule has 1 aromatic rings. The Kier molecular flexibility index (Phi) is 8.68. The zero-order chi connectivity index (χ0) is 17.3. The Bertz CT molecular complexity index is 472. The van der Waals surface area contributed by atoms with E-state index in [1.165, 1.54) is 5.56 Å². The third kappa shape index (κ3) is 5.24. The van der Waals surface area contributed by atoms with Crippen LogP contribution in [0.15, 0.2) is 30.8 Å². The molecule has 0 aliphatic carbocycles. The molecule has 2 N–H and O–H groups in total. The van der Waals surface area contributed by atoms with E-state index >= 15 is 0 Å². The number of hydrogen-bond donors (Lipinski definition) is 2. The van der Waals surface area contributed by atoms with Crippen LogP contribution in [0.4, 0.5) is 0 Å². The zero-order valence-corrected chi connectivity index (χ0v) is 15.9. The van der Waals surface area contributed by atoms with Crippen LogP contribution in [0, 0.1) is 0 Å². The molecular weight excluding hydrogens is 308 g/mol. The predicted molar refractivity (Wildman–Crippen MR) is 96.8 cm³/mol. The molecule has 130 valence electrons. The second-order valence-electron chi connectivity index (χ2n) is 5.35. The van der Waals surface area contributed by atoms with Gasteiger partial charge in [0.25, 0.3) is 0 Å². The molecule has 23 heavy (non-hydrogen) atoms. The minimum absolute atomic E-state index is 0.0275. The molecule has 0 saturated carbocycles. The first kappa shape index (κ1) is 20.0.